The third kappa shape index (κ3) is 2.71. The smallest absolute Gasteiger partial charge is 0.119 e. The Balaban J connectivity index is 2.63. The van der Waals surface area contributed by atoms with Crippen molar-refractivity contribution in [2.45, 2.75) is 0 Å². The van der Waals surface area contributed by atoms with Gasteiger partial charge in [0.05, 0.1) is 16.3 Å². The summed E-state index contributed by atoms with van der Waals surface area (Å²) in [5.41, 5.74) is 8.10. The summed E-state index contributed by atoms with van der Waals surface area (Å²) in [5, 5.41) is 6.30. The molecule has 0 spiro atoms. The lowest BCUT2D eigenvalue weighted by molar-refractivity contribution is 0.793. The molecule has 1 heterocycles. The first-order valence-corrected chi connectivity index (χ1v) is 7.02. The Hall–Kier alpha value is -2.01. The van der Waals surface area contributed by atoms with Gasteiger partial charge in [0, 0.05) is 12.4 Å². The van der Waals surface area contributed by atoms with Gasteiger partial charge < -0.3 is 5.73 Å². The van der Waals surface area contributed by atoms with E-state index in [4.69, 9.17) is 5.73 Å². The average molecular weight is 272 g/mol. The predicted molar refractivity (Wildman–Crippen MR) is 83.2 cm³/mol. The van der Waals surface area contributed by atoms with Crippen LogP contribution in [0.2, 0.25) is 0 Å². The Morgan fingerprint density at radius 1 is 1.47 bits per heavy atom. The van der Waals surface area contributed by atoms with Crippen LogP contribution in [0.25, 0.3) is 10.9 Å². The van der Waals surface area contributed by atoms with Gasteiger partial charge >= 0.3 is 0 Å². The third-order valence-corrected chi connectivity index (χ3v) is 3.30. The number of benzene rings is 1. The van der Waals surface area contributed by atoms with Crippen molar-refractivity contribution in [2.24, 2.45) is 17.8 Å². The van der Waals surface area contributed by atoms with E-state index < -0.39 is 0 Å². The highest BCUT2D eigenvalue weighted by atomic mass is 32.2. The van der Waals surface area contributed by atoms with Gasteiger partial charge in [-0.15, -0.1) is 11.8 Å². The third-order valence-electron chi connectivity index (χ3n) is 2.74. The molecular formula is C14H16N4S. The lowest BCUT2D eigenvalue weighted by atomic mass is 10.1. The minimum absolute atomic E-state index is 0.721. The van der Waals surface area contributed by atoms with E-state index in [2.05, 4.69) is 16.7 Å². The van der Waals surface area contributed by atoms with Crippen LogP contribution in [0.15, 0.2) is 53.1 Å². The zero-order valence-corrected chi connectivity index (χ0v) is 11.8. The summed E-state index contributed by atoms with van der Waals surface area (Å²) in [6.45, 7) is 3.87. The number of rotatable bonds is 4. The van der Waals surface area contributed by atoms with E-state index in [1.54, 1.807) is 6.08 Å². The number of nitrogens with zero attached hydrogens (tertiary/aromatic N) is 3. The summed E-state index contributed by atoms with van der Waals surface area (Å²) in [6.07, 6.45) is 5.15. The molecule has 98 valence electrons. The molecule has 2 aromatic rings. The van der Waals surface area contributed by atoms with Gasteiger partial charge in [0.2, 0.25) is 0 Å². The second-order valence-corrected chi connectivity index (χ2v) is 4.82. The number of hydrogen-bond donors (Lipinski definition) is 1. The number of nitrogens with two attached hydrogens (primary N) is 1. The van der Waals surface area contributed by atoms with Gasteiger partial charge in [-0.05, 0) is 24.6 Å². The number of hydrogen-bond acceptors (Lipinski definition) is 4. The lowest BCUT2D eigenvalue weighted by Gasteiger charge is -1.99. The highest BCUT2D eigenvalue weighted by Crippen LogP contribution is 2.20. The molecule has 2 N–H and O–H groups in total. The van der Waals surface area contributed by atoms with E-state index >= 15 is 0 Å². The largest absolute Gasteiger partial charge is 0.405 e. The number of thioether (sulfide) groups is 1. The standard InChI is InChI=1S/C14H16N4S/c1-10(19-3)16-12(8-9-15)14-11-6-4-5-7-13(11)18(2)17-14/h4-9H,1,15H2,2-3H3/b9-8-,16-12+. The van der Waals surface area contributed by atoms with E-state index in [1.165, 1.54) is 18.0 Å². The van der Waals surface area contributed by atoms with Crippen molar-refractivity contribution in [1.29, 1.82) is 0 Å². The molecular weight excluding hydrogens is 256 g/mol. The molecule has 0 bridgehead atoms. The normalized spacial score (nSPS) is 12.4. The molecule has 0 saturated heterocycles. The van der Waals surface area contributed by atoms with E-state index in [0.717, 1.165) is 27.3 Å². The molecule has 0 fully saturated rings. The molecule has 0 aliphatic heterocycles. The summed E-state index contributed by atoms with van der Waals surface area (Å²) in [5.74, 6) is 0. The molecule has 1 aromatic carbocycles. The second-order valence-electron chi connectivity index (χ2n) is 3.94. The van der Waals surface area contributed by atoms with E-state index in [0.29, 0.717) is 0 Å². The summed E-state index contributed by atoms with van der Waals surface area (Å²) in [7, 11) is 1.92. The van der Waals surface area contributed by atoms with Crippen LogP contribution in [0, 0.1) is 0 Å². The van der Waals surface area contributed by atoms with Crippen LogP contribution < -0.4 is 5.73 Å². The minimum Gasteiger partial charge on any atom is -0.405 e. The number of allylic oxidation sites excluding steroid dienone is 1. The van der Waals surface area contributed by atoms with Crippen molar-refractivity contribution in [3.63, 3.8) is 0 Å². The second kappa shape index (κ2) is 5.75. The molecule has 0 atom stereocenters. The highest BCUT2D eigenvalue weighted by molar-refractivity contribution is 8.02. The van der Waals surface area contributed by atoms with E-state index in [9.17, 15) is 0 Å². The molecule has 4 nitrogen and oxygen atoms in total. The van der Waals surface area contributed by atoms with Crippen molar-refractivity contribution in [3.8, 4) is 0 Å². The molecule has 5 heteroatoms. The quantitative estimate of drug-likeness (QED) is 0.871. The van der Waals surface area contributed by atoms with Crippen LogP contribution >= 0.6 is 11.8 Å². The van der Waals surface area contributed by atoms with Gasteiger partial charge in [0.25, 0.3) is 0 Å². The van der Waals surface area contributed by atoms with Crippen molar-refractivity contribution in [1.82, 2.24) is 9.78 Å². The maximum atomic E-state index is 5.50. The van der Waals surface area contributed by atoms with Crippen LogP contribution in [0.4, 0.5) is 0 Å². The minimum atomic E-state index is 0.721. The fourth-order valence-corrected chi connectivity index (χ4v) is 2.03. The van der Waals surface area contributed by atoms with Gasteiger partial charge in [0.1, 0.15) is 5.69 Å². The first-order chi connectivity index (χ1) is 9.17. The average Bonchev–Trinajstić information content (AvgIpc) is 2.76. The zero-order valence-electron chi connectivity index (χ0n) is 11.0. The maximum absolute atomic E-state index is 5.50. The number of aryl methyl sites for hydroxylation is 1. The van der Waals surface area contributed by atoms with Crippen LogP contribution in [-0.4, -0.2) is 21.7 Å². The van der Waals surface area contributed by atoms with Gasteiger partial charge in [0.15, 0.2) is 0 Å². The van der Waals surface area contributed by atoms with Gasteiger partial charge in [-0.1, -0.05) is 24.8 Å². The SMILES string of the molecule is C=C(/N=C(\C=C/N)c1nn(C)c2ccccc12)SC. The van der Waals surface area contributed by atoms with E-state index in [-0.39, 0.29) is 0 Å². The molecule has 19 heavy (non-hydrogen) atoms. The fraction of sp³-hybridized carbons (Fsp3) is 0.143. The Morgan fingerprint density at radius 2 is 2.21 bits per heavy atom. The number of aliphatic imine (C=N–C) groups is 1. The van der Waals surface area contributed by atoms with Crippen molar-refractivity contribution in [2.75, 3.05) is 6.26 Å². The fourth-order valence-electron chi connectivity index (χ4n) is 1.84. The predicted octanol–water partition coefficient (Wildman–Crippen LogP) is 2.67. The first-order valence-electron chi connectivity index (χ1n) is 5.79. The Kier molecular flexibility index (Phi) is 4.06. The Labute approximate surface area is 116 Å². The van der Waals surface area contributed by atoms with Gasteiger partial charge in [-0.3, -0.25) is 4.68 Å². The van der Waals surface area contributed by atoms with Gasteiger partial charge in [-0.25, -0.2) is 4.99 Å². The van der Waals surface area contributed by atoms with Crippen LogP contribution in [0.1, 0.15) is 5.69 Å². The van der Waals surface area contributed by atoms with Gasteiger partial charge in [-0.2, -0.15) is 5.10 Å². The lowest BCUT2D eigenvalue weighted by Crippen LogP contribution is -2.01. The van der Waals surface area contributed by atoms with Crippen molar-refractivity contribution in [3.05, 3.63) is 53.8 Å². The summed E-state index contributed by atoms with van der Waals surface area (Å²) in [4.78, 5) is 4.46. The molecule has 1 aromatic heterocycles. The molecule has 0 unspecified atom stereocenters. The molecule has 0 aliphatic carbocycles. The molecule has 0 radical (unpaired) electrons. The van der Waals surface area contributed by atoms with E-state index in [1.807, 2.05) is 42.3 Å². The van der Waals surface area contributed by atoms with Crippen LogP contribution in [-0.2, 0) is 7.05 Å². The first kappa shape index (κ1) is 13.4. The molecule has 2 rings (SSSR count). The van der Waals surface area contributed by atoms with Crippen LogP contribution in [0.3, 0.4) is 0 Å². The molecule has 0 saturated carbocycles. The number of fused-ring (bicyclic) bond motifs is 1. The maximum Gasteiger partial charge on any atom is 0.119 e. The molecule has 0 amide bonds. The Morgan fingerprint density at radius 3 is 2.89 bits per heavy atom. The van der Waals surface area contributed by atoms with Crippen LogP contribution in [0.5, 0.6) is 0 Å². The van der Waals surface area contributed by atoms with Crippen molar-refractivity contribution < 1.29 is 0 Å². The molecule has 0 aliphatic rings. The zero-order chi connectivity index (χ0) is 13.8. The summed E-state index contributed by atoms with van der Waals surface area (Å²) >= 11 is 1.49. The Bertz CT molecular complexity index is 667. The monoisotopic (exact) mass is 272 g/mol. The van der Waals surface area contributed by atoms with Crippen molar-refractivity contribution >= 4 is 28.4 Å². The number of aromatic nitrogens is 2. The summed E-state index contributed by atoms with van der Waals surface area (Å²) < 4.78 is 1.84. The number of para-hydroxylation sites is 1. The summed E-state index contributed by atoms with van der Waals surface area (Å²) in [6, 6.07) is 8.03. The topological polar surface area (TPSA) is 56.2 Å². The highest BCUT2D eigenvalue weighted by Gasteiger charge is 2.12.